The van der Waals surface area contributed by atoms with Crippen molar-refractivity contribution in [1.29, 1.82) is 0 Å². The molecule has 2 fully saturated rings. The monoisotopic (exact) mass is 316 g/mol. The highest BCUT2D eigenvalue weighted by Gasteiger charge is 2.55. The third-order valence-corrected chi connectivity index (χ3v) is 5.05. The van der Waals surface area contributed by atoms with E-state index < -0.39 is 11.5 Å². The average Bonchev–Trinajstić information content (AvgIpc) is 3.08. The van der Waals surface area contributed by atoms with Crippen LogP contribution in [0.25, 0.3) is 0 Å². The van der Waals surface area contributed by atoms with Gasteiger partial charge in [0.1, 0.15) is 5.54 Å². The highest BCUT2D eigenvalue weighted by atomic mass is 16.5. The van der Waals surface area contributed by atoms with Crippen molar-refractivity contribution in [3.8, 4) is 0 Å². The van der Waals surface area contributed by atoms with Gasteiger partial charge in [-0.25, -0.2) is 0 Å². The average molecular weight is 316 g/mol. The van der Waals surface area contributed by atoms with Crippen LogP contribution in [0.1, 0.15) is 31.2 Å². The van der Waals surface area contributed by atoms with E-state index in [9.17, 15) is 9.59 Å². The molecule has 1 amide bonds. The molecule has 2 atom stereocenters. The lowest BCUT2D eigenvalue weighted by molar-refractivity contribution is -0.154. The molecule has 0 bridgehead atoms. The number of ether oxygens (including phenoxy) is 1. The third kappa shape index (κ3) is 2.74. The molecule has 1 N–H and O–H groups in total. The summed E-state index contributed by atoms with van der Waals surface area (Å²) in [4.78, 5) is 27.7. The number of amides is 1. The van der Waals surface area contributed by atoms with Crippen LogP contribution in [0.15, 0.2) is 30.3 Å². The second kappa shape index (κ2) is 6.71. The first-order valence-corrected chi connectivity index (χ1v) is 8.38. The number of benzene rings is 1. The molecule has 5 heteroatoms. The molecule has 0 saturated carbocycles. The summed E-state index contributed by atoms with van der Waals surface area (Å²) < 4.78 is 5.00. The molecule has 0 radical (unpaired) electrons. The minimum atomic E-state index is -0.994. The van der Waals surface area contributed by atoms with Crippen LogP contribution in [-0.4, -0.2) is 43.5 Å². The van der Waals surface area contributed by atoms with Gasteiger partial charge < -0.3 is 9.64 Å². The van der Waals surface area contributed by atoms with Gasteiger partial charge in [0.15, 0.2) is 0 Å². The molecule has 2 aliphatic rings. The van der Waals surface area contributed by atoms with Crippen molar-refractivity contribution >= 4 is 11.9 Å². The first-order chi connectivity index (χ1) is 11.2. The zero-order valence-electron chi connectivity index (χ0n) is 13.6. The number of likely N-dealkylation sites (tertiary alicyclic amines) is 1. The molecular formula is C18H24N2O3. The first kappa shape index (κ1) is 16.0. The van der Waals surface area contributed by atoms with Gasteiger partial charge in [-0.15, -0.1) is 0 Å². The fourth-order valence-corrected chi connectivity index (χ4v) is 3.89. The molecule has 2 aliphatic heterocycles. The fourth-order valence-electron chi connectivity index (χ4n) is 3.89. The number of esters is 1. The Morgan fingerprint density at radius 3 is 2.52 bits per heavy atom. The van der Waals surface area contributed by atoms with Crippen LogP contribution in [0, 0.1) is 5.92 Å². The Kier molecular flexibility index (Phi) is 4.66. The highest BCUT2D eigenvalue weighted by molar-refractivity contribution is 5.94. The topological polar surface area (TPSA) is 58.6 Å². The summed E-state index contributed by atoms with van der Waals surface area (Å²) in [6.45, 7) is 2.17. The Bertz CT molecular complexity index is 569. The number of nitrogens with zero attached hydrogens (tertiary/aromatic N) is 1. The maximum Gasteiger partial charge on any atom is 0.311 e. The molecule has 23 heavy (non-hydrogen) atoms. The Hall–Kier alpha value is -1.88. The van der Waals surface area contributed by atoms with E-state index in [0.29, 0.717) is 13.0 Å². The number of nitrogens with one attached hydrogen (secondary N) is 1. The number of hydrogen-bond donors (Lipinski definition) is 1. The van der Waals surface area contributed by atoms with E-state index in [-0.39, 0.29) is 11.9 Å². The van der Waals surface area contributed by atoms with Gasteiger partial charge in [-0.2, -0.15) is 0 Å². The van der Waals surface area contributed by atoms with Gasteiger partial charge in [-0.05, 0) is 37.8 Å². The van der Waals surface area contributed by atoms with E-state index in [0.717, 1.165) is 37.9 Å². The normalized spacial score (nSPS) is 27.7. The molecule has 2 saturated heterocycles. The van der Waals surface area contributed by atoms with Crippen molar-refractivity contribution in [2.75, 3.05) is 26.7 Å². The maximum absolute atomic E-state index is 13.4. The summed E-state index contributed by atoms with van der Waals surface area (Å²) in [7, 11) is 1.39. The Morgan fingerprint density at radius 1 is 1.17 bits per heavy atom. The molecule has 5 nitrogen and oxygen atoms in total. The van der Waals surface area contributed by atoms with Gasteiger partial charge in [-0.1, -0.05) is 30.3 Å². The van der Waals surface area contributed by atoms with Crippen molar-refractivity contribution in [3.05, 3.63) is 35.9 Å². The van der Waals surface area contributed by atoms with Crippen LogP contribution in [-0.2, 0) is 19.9 Å². The first-order valence-electron chi connectivity index (χ1n) is 8.38. The lowest BCUT2D eigenvalue weighted by Crippen LogP contribution is -2.58. The van der Waals surface area contributed by atoms with E-state index in [2.05, 4.69) is 5.32 Å². The summed E-state index contributed by atoms with van der Waals surface area (Å²) in [6, 6.07) is 9.60. The molecule has 0 unspecified atom stereocenters. The zero-order chi connectivity index (χ0) is 16.3. The van der Waals surface area contributed by atoms with E-state index in [4.69, 9.17) is 4.74 Å². The fraction of sp³-hybridized carbons (Fsp3) is 0.556. The van der Waals surface area contributed by atoms with Crippen LogP contribution in [0.3, 0.4) is 0 Å². The SMILES string of the molecule is COC(=O)[C@H]1CCN[C@]1(C(=O)N1CCCCC1)c1ccccc1. The maximum atomic E-state index is 13.4. The van der Waals surface area contributed by atoms with Gasteiger partial charge >= 0.3 is 5.97 Å². The Labute approximate surface area is 137 Å². The lowest BCUT2D eigenvalue weighted by Gasteiger charge is -2.39. The number of rotatable bonds is 3. The number of carbonyl (C=O) groups is 2. The largest absolute Gasteiger partial charge is 0.469 e. The predicted octanol–water partition coefficient (Wildman–Crippen LogP) is 1.68. The Morgan fingerprint density at radius 2 is 1.87 bits per heavy atom. The van der Waals surface area contributed by atoms with Crippen LogP contribution in [0.4, 0.5) is 0 Å². The van der Waals surface area contributed by atoms with Crippen molar-refractivity contribution in [2.45, 2.75) is 31.2 Å². The van der Waals surface area contributed by atoms with Gasteiger partial charge in [0.05, 0.1) is 13.0 Å². The molecule has 0 spiro atoms. The third-order valence-electron chi connectivity index (χ3n) is 5.05. The summed E-state index contributed by atoms with van der Waals surface area (Å²) in [5.41, 5.74) is -0.144. The van der Waals surface area contributed by atoms with Gasteiger partial charge in [0.25, 0.3) is 0 Å². The molecule has 2 heterocycles. The van der Waals surface area contributed by atoms with E-state index in [1.165, 1.54) is 7.11 Å². The van der Waals surface area contributed by atoms with Crippen molar-refractivity contribution in [3.63, 3.8) is 0 Å². The van der Waals surface area contributed by atoms with E-state index in [1.807, 2.05) is 35.2 Å². The van der Waals surface area contributed by atoms with Crippen molar-refractivity contribution in [1.82, 2.24) is 10.2 Å². The molecule has 1 aromatic carbocycles. The van der Waals surface area contributed by atoms with Crippen LogP contribution in [0.2, 0.25) is 0 Å². The lowest BCUT2D eigenvalue weighted by atomic mass is 9.78. The minimum Gasteiger partial charge on any atom is -0.469 e. The number of hydrogen-bond acceptors (Lipinski definition) is 4. The number of methoxy groups -OCH3 is 1. The molecular weight excluding hydrogens is 292 g/mol. The molecule has 3 rings (SSSR count). The summed E-state index contributed by atoms with van der Waals surface area (Å²) in [5, 5.41) is 3.36. The van der Waals surface area contributed by atoms with Crippen LogP contribution >= 0.6 is 0 Å². The molecule has 124 valence electrons. The van der Waals surface area contributed by atoms with Gasteiger partial charge in [0, 0.05) is 13.1 Å². The second-order valence-corrected chi connectivity index (χ2v) is 6.32. The standard InChI is InChI=1S/C18H24N2O3/c1-23-16(21)15-10-11-19-18(15,14-8-4-2-5-9-14)17(22)20-12-6-3-7-13-20/h2,4-5,8-9,15,19H,3,6-7,10-13H2,1H3/t15-,18-/m1/s1. The quantitative estimate of drug-likeness (QED) is 0.862. The van der Waals surface area contributed by atoms with E-state index in [1.54, 1.807) is 0 Å². The van der Waals surface area contributed by atoms with Gasteiger partial charge in [0.2, 0.25) is 5.91 Å². The smallest absolute Gasteiger partial charge is 0.311 e. The van der Waals surface area contributed by atoms with Crippen molar-refractivity contribution < 1.29 is 14.3 Å². The van der Waals surface area contributed by atoms with E-state index >= 15 is 0 Å². The summed E-state index contributed by atoms with van der Waals surface area (Å²) in [6.07, 6.45) is 3.83. The minimum absolute atomic E-state index is 0.0105. The highest BCUT2D eigenvalue weighted by Crippen LogP contribution is 2.39. The predicted molar refractivity (Wildman–Crippen MR) is 86.7 cm³/mol. The summed E-state index contributed by atoms with van der Waals surface area (Å²) in [5.74, 6) is -0.787. The van der Waals surface area contributed by atoms with Crippen LogP contribution in [0.5, 0.6) is 0 Å². The van der Waals surface area contributed by atoms with Crippen molar-refractivity contribution in [2.24, 2.45) is 5.92 Å². The second-order valence-electron chi connectivity index (χ2n) is 6.32. The number of carbonyl (C=O) groups excluding carboxylic acids is 2. The van der Waals surface area contributed by atoms with Crippen LogP contribution < -0.4 is 5.32 Å². The Balaban J connectivity index is 2.03. The summed E-state index contributed by atoms with van der Waals surface area (Å²) >= 11 is 0. The molecule has 1 aromatic rings. The molecule has 0 aromatic heterocycles. The zero-order valence-corrected chi connectivity index (χ0v) is 13.6. The number of piperidine rings is 1. The van der Waals surface area contributed by atoms with Gasteiger partial charge in [-0.3, -0.25) is 14.9 Å². The molecule has 0 aliphatic carbocycles.